The lowest BCUT2D eigenvalue weighted by Gasteiger charge is -2.60. The van der Waals surface area contributed by atoms with Gasteiger partial charge in [-0.15, -0.1) is 0 Å². The number of carbonyl (C=O) groups excluding carboxylic acids is 1. The minimum absolute atomic E-state index is 0. The molecule has 5 aliphatic carbocycles. The third-order valence-electron chi connectivity index (χ3n) is 14.3. The van der Waals surface area contributed by atoms with Gasteiger partial charge in [0, 0.05) is 15.5 Å². The molecule has 0 amide bonds. The number of carbonyl (C=O) groups is 1. The molecule has 0 N–H and O–H groups in total. The van der Waals surface area contributed by atoms with Gasteiger partial charge < -0.3 is 17.0 Å². The highest BCUT2D eigenvalue weighted by Gasteiger charge is 2.78. The molecule has 0 bridgehead atoms. The maximum Gasteiger partial charge on any atom is 0.244 e. The first-order valence-corrected chi connectivity index (χ1v) is 18.2. The Hall–Kier alpha value is -0.940. The minimum atomic E-state index is 0. The summed E-state index contributed by atoms with van der Waals surface area (Å²) in [4.78, 5) is 13.1. The third kappa shape index (κ3) is 5.08. The standard InChI is InChI=1S/C38H54BrN2O.BrH/c1-25(2)8-6-9-26(3)31-12-13-32-30-21-35(38-22-28(38)14-17-37(38,5)33(30)15-16-36(31,32)4)41-19-18-40(24-41)23-34(42)27-10-7-11-29(39)20-27;/h7,10-11,18-20,24-26,28,30-33,35H,6,8-9,12-17,21-23H2,1-5H3;1H/q+1;/p-1/t26-,28-,30+,31-,32+,33+,35+,36-,37-,38+;/m1./s1. The molecular weight excluding hydrogens is 660 g/mol. The third-order valence-corrected chi connectivity index (χ3v) is 14.8. The summed E-state index contributed by atoms with van der Waals surface area (Å²) >= 11 is 3.53. The molecule has 0 unspecified atom stereocenters. The van der Waals surface area contributed by atoms with E-state index in [1.54, 1.807) is 0 Å². The average Bonchev–Trinajstić information content (AvgIpc) is 3.18. The van der Waals surface area contributed by atoms with Crippen molar-refractivity contribution in [2.24, 2.45) is 57.7 Å². The van der Waals surface area contributed by atoms with E-state index in [1.165, 1.54) is 70.6 Å². The highest BCUT2D eigenvalue weighted by Crippen LogP contribution is 2.84. The maximum atomic E-state index is 13.1. The van der Waals surface area contributed by atoms with E-state index in [0.717, 1.165) is 51.5 Å². The molecule has 0 saturated heterocycles. The fraction of sp³-hybridized carbons (Fsp3) is 0.737. The van der Waals surface area contributed by atoms with E-state index in [9.17, 15) is 4.79 Å². The van der Waals surface area contributed by atoms with Crippen molar-refractivity contribution in [2.75, 3.05) is 0 Å². The van der Waals surface area contributed by atoms with Gasteiger partial charge in [-0.05, 0) is 116 Å². The fourth-order valence-electron chi connectivity index (χ4n) is 12.3. The van der Waals surface area contributed by atoms with Gasteiger partial charge in [-0.25, -0.2) is 9.13 Å². The molecule has 5 fully saturated rings. The Morgan fingerprint density at radius 3 is 2.63 bits per heavy atom. The summed E-state index contributed by atoms with van der Waals surface area (Å²) in [6.07, 6.45) is 22.5. The van der Waals surface area contributed by atoms with Crippen molar-refractivity contribution >= 4 is 21.7 Å². The van der Waals surface area contributed by atoms with Crippen molar-refractivity contribution in [3.05, 3.63) is 53.0 Å². The molecule has 1 spiro atoms. The summed E-state index contributed by atoms with van der Waals surface area (Å²) in [6, 6.07) is 8.40. The van der Waals surface area contributed by atoms with Gasteiger partial charge in [0.2, 0.25) is 12.1 Å². The number of nitrogens with zero attached hydrogens (tertiary/aromatic N) is 2. The van der Waals surface area contributed by atoms with E-state index in [-0.39, 0.29) is 22.8 Å². The molecule has 2 aromatic rings. The van der Waals surface area contributed by atoms with Gasteiger partial charge in [-0.1, -0.05) is 81.9 Å². The van der Waals surface area contributed by atoms with Crippen molar-refractivity contribution in [3.63, 3.8) is 0 Å². The Labute approximate surface area is 279 Å². The molecule has 10 atom stereocenters. The van der Waals surface area contributed by atoms with Gasteiger partial charge in [0.15, 0.2) is 6.54 Å². The summed E-state index contributed by atoms with van der Waals surface area (Å²) in [5, 5.41) is 0. The average molecular weight is 715 g/mol. The van der Waals surface area contributed by atoms with E-state index < -0.39 is 0 Å². The largest absolute Gasteiger partial charge is 1.00 e. The molecule has 0 aliphatic heterocycles. The normalized spacial score (nSPS) is 39.8. The molecule has 5 heteroatoms. The minimum Gasteiger partial charge on any atom is -1.00 e. The van der Waals surface area contributed by atoms with Gasteiger partial charge in [-0.3, -0.25) is 4.79 Å². The predicted molar refractivity (Wildman–Crippen MR) is 173 cm³/mol. The quantitative estimate of drug-likeness (QED) is 0.210. The number of Topliss-reactive ketones (excluding diaryl/α,β-unsaturated/α-hetero) is 1. The van der Waals surface area contributed by atoms with Crippen LogP contribution in [0.15, 0.2) is 47.5 Å². The summed E-state index contributed by atoms with van der Waals surface area (Å²) in [5.74, 6) is 6.36. The van der Waals surface area contributed by atoms with Crippen molar-refractivity contribution in [3.8, 4) is 0 Å². The Morgan fingerprint density at radius 2 is 1.88 bits per heavy atom. The first kappa shape index (κ1) is 32.0. The molecule has 0 radical (unpaired) electrons. The van der Waals surface area contributed by atoms with Gasteiger partial charge in [-0.2, -0.15) is 0 Å². The fourth-order valence-corrected chi connectivity index (χ4v) is 12.7. The van der Waals surface area contributed by atoms with E-state index >= 15 is 0 Å². The number of hydrogen-bond acceptors (Lipinski definition) is 1. The Morgan fingerprint density at radius 1 is 1.07 bits per heavy atom. The van der Waals surface area contributed by atoms with E-state index in [2.05, 4.69) is 78.4 Å². The summed E-state index contributed by atoms with van der Waals surface area (Å²) in [5.41, 5.74) is 2.27. The number of halogens is 2. The number of rotatable bonds is 9. The monoisotopic (exact) mass is 712 g/mol. The van der Waals surface area contributed by atoms with E-state index in [1.807, 2.05) is 24.3 Å². The van der Waals surface area contributed by atoms with Crippen LogP contribution >= 0.6 is 15.9 Å². The first-order valence-electron chi connectivity index (χ1n) is 17.4. The topological polar surface area (TPSA) is 25.9 Å². The SMILES string of the molecule is CC(C)CCC[C@@H](C)[C@H]1CC[C@H]2[C@@H]3C[C@H](n4cc[n+](CC(=O)c5cccc(Br)c5)c4)[C@]45C[C@H]4CC[C@]5(C)[C@H]3CC[C@]12C.[Br-]. The summed E-state index contributed by atoms with van der Waals surface area (Å²) in [6.45, 7) is 13.2. The second kappa shape index (κ2) is 11.7. The summed E-state index contributed by atoms with van der Waals surface area (Å²) in [7, 11) is 0. The number of ketones is 1. The second-order valence-electron chi connectivity index (χ2n) is 16.5. The van der Waals surface area contributed by atoms with Crippen LogP contribution in [0.2, 0.25) is 0 Å². The Kier molecular flexibility index (Phi) is 8.71. The lowest BCUT2D eigenvalue weighted by molar-refractivity contribution is -0.682. The molecule has 7 rings (SSSR count). The van der Waals surface area contributed by atoms with Crippen LogP contribution in [0.25, 0.3) is 0 Å². The van der Waals surface area contributed by atoms with Crippen molar-refractivity contribution < 1.29 is 26.3 Å². The van der Waals surface area contributed by atoms with Crippen molar-refractivity contribution in [1.29, 1.82) is 0 Å². The van der Waals surface area contributed by atoms with Crippen LogP contribution in [-0.4, -0.2) is 10.4 Å². The molecular formula is C38H54Br2N2O. The second-order valence-corrected chi connectivity index (χ2v) is 17.4. The smallest absolute Gasteiger partial charge is 0.244 e. The molecule has 236 valence electrons. The number of benzene rings is 1. The first-order chi connectivity index (χ1) is 20.1. The van der Waals surface area contributed by atoms with Crippen LogP contribution in [-0.2, 0) is 6.54 Å². The molecule has 3 nitrogen and oxygen atoms in total. The van der Waals surface area contributed by atoms with Crippen LogP contribution in [0, 0.1) is 57.7 Å². The molecule has 5 aliphatic rings. The van der Waals surface area contributed by atoms with Crippen molar-refractivity contribution in [1.82, 2.24) is 4.57 Å². The number of imidazole rings is 1. The molecule has 43 heavy (non-hydrogen) atoms. The zero-order valence-electron chi connectivity index (χ0n) is 27.2. The zero-order chi connectivity index (χ0) is 29.4. The molecule has 1 aromatic carbocycles. The van der Waals surface area contributed by atoms with E-state index in [0.29, 0.717) is 28.8 Å². The summed E-state index contributed by atoms with van der Waals surface area (Å²) < 4.78 is 5.69. The Balaban J connectivity index is 0.00000329. The van der Waals surface area contributed by atoms with Gasteiger partial charge in [0.05, 0.1) is 0 Å². The molecule has 1 aromatic heterocycles. The predicted octanol–water partition coefficient (Wildman–Crippen LogP) is 6.70. The van der Waals surface area contributed by atoms with Crippen LogP contribution in [0.1, 0.15) is 122 Å². The van der Waals surface area contributed by atoms with Gasteiger partial charge in [0.25, 0.3) is 0 Å². The van der Waals surface area contributed by atoms with Crippen molar-refractivity contribution in [2.45, 2.75) is 118 Å². The maximum absolute atomic E-state index is 13.1. The highest BCUT2D eigenvalue weighted by atomic mass is 79.9. The zero-order valence-corrected chi connectivity index (χ0v) is 30.4. The van der Waals surface area contributed by atoms with Crippen LogP contribution in [0.4, 0.5) is 0 Å². The Bertz CT molecular complexity index is 1340. The van der Waals surface area contributed by atoms with Crippen LogP contribution in [0.5, 0.6) is 0 Å². The molecule has 5 saturated carbocycles. The number of hydrogen-bond donors (Lipinski definition) is 0. The van der Waals surface area contributed by atoms with Gasteiger partial charge in [0.1, 0.15) is 18.4 Å². The van der Waals surface area contributed by atoms with Crippen LogP contribution < -0.4 is 21.5 Å². The molecule has 1 heterocycles. The lowest BCUT2D eigenvalue weighted by Crippen LogP contribution is -3.00. The van der Waals surface area contributed by atoms with E-state index in [4.69, 9.17) is 0 Å². The lowest BCUT2D eigenvalue weighted by atomic mass is 9.44. The van der Waals surface area contributed by atoms with Gasteiger partial charge >= 0.3 is 0 Å². The number of aromatic nitrogens is 2. The van der Waals surface area contributed by atoms with Crippen LogP contribution in [0.3, 0.4) is 0 Å². The highest BCUT2D eigenvalue weighted by molar-refractivity contribution is 9.10. The number of fused-ring (bicyclic) bond motifs is 4.